The first-order valence-electron chi connectivity index (χ1n) is 8.47. The van der Waals surface area contributed by atoms with Crippen molar-refractivity contribution in [3.05, 3.63) is 65.2 Å². The number of carbonyl (C=O) groups excluding carboxylic acids is 2. The van der Waals surface area contributed by atoms with Crippen LogP contribution in [0.5, 0.6) is 0 Å². The van der Waals surface area contributed by atoms with Crippen LogP contribution in [-0.4, -0.2) is 29.8 Å². The zero-order chi connectivity index (χ0) is 16.9. The fourth-order valence-electron chi connectivity index (χ4n) is 2.89. The van der Waals surface area contributed by atoms with E-state index in [4.69, 9.17) is 0 Å². The van der Waals surface area contributed by atoms with Crippen molar-refractivity contribution in [2.45, 2.75) is 26.2 Å². The van der Waals surface area contributed by atoms with Crippen molar-refractivity contribution in [2.24, 2.45) is 0 Å². The van der Waals surface area contributed by atoms with Gasteiger partial charge in [0.15, 0.2) is 0 Å². The number of hydrogen-bond acceptors (Lipinski definition) is 2. The number of hydrogen-bond donors (Lipinski definition) is 1. The lowest BCUT2D eigenvalue weighted by Gasteiger charge is -2.15. The Hall–Kier alpha value is -2.62. The molecule has 1 saturated heterocycles. The monoisotopic (exact) mass is 322 g/mol. The third-order valence-corrected chi connectivity index (χ3v) is 4.41. The number of anilines is 1. The average Bonchev–Trinajstić information content (AvgIpc) is 3.16. The molecule has 1 aliphatic heterocycles. The van der Waals surface area contributed by atoms with Gasteiger partial charge in [-0.15, -0.1) is 0 Å². The van der Waals surface area contributed by atoms with Gasteiger partial charge in [-0.2, -0.15) is 0 Å². The van der Waals surface area contributed by atoms with Crippen LogP contribution in [0.2, 0.25) is 0 Å². The van der Waals surface area contributed by atoms with E-state index in [1.54, 1.807) is 24.3 Å². The Kier molecular flexibility index (Phi) is 4.94. The Morgan fingerprint density at radius 2 is 1.50 bits per heavy atom. The highest BCUT2D eigenvalue weighted by Crippen LogP contribution is 2.16. The number of benzene rings is 2. The lowest BCUT2D eigenvalue weighted by Crippen LogP contribution is -2.27. The number of aryl methyl sites for hydroxylation is 1. The zero-order valence-corrected chi connectivity index (χ0v) is 13.9. The minimum atomic E-state index is -0.142. The number of likely N-dealkylation sites (tertiary alicyclic amines) is 1. The van der Waals surface area contributed by atoms with Crippen molar-refractivity contribution in [1.82, 2.24) is 4.90 Å². The molecule has 4 heteroatoms. The van der Waals surface area contributed by atoms with Crippen molar-refractivity contribution in [3.63, 3.8) is 0 Å². The smallest absolute Gasteiger partial charge is 0.255 e. The molecule has 2 aromatic carbocycles. The van der Waals surface area contributed by atoms with E-state index in [0.29, 0.717) is 16.8 Å². The molecular formula is C20H22N2O2. The Labute approximate surface area is 142 Å². The first-order valence-corrected chi connectivity index (χ1v) is 8.47. The van der Waals surface area contributed by atoms with Gasteiger partial charge >= 0.3 is 0 Å². The maximum absolute atomic E-state index is 12.3. The molecule has 0 radical (unpaired) electrons. The van der Waals surface area contributed by atoms with Crippen molar-refractivity contribution in [3.8, 4) is 0 Å². The number of rotatable bonds is 4. The van der Waals surface area contributed by atoms with Gasteiger partial charge in [0.25, 0.3) is 11.8 Å². The van der Waals surface area contributed by atoms with Gasteiger partial charge in [0.2, 0.25) is 0 Å². The van der Waals surface area contributed by atoms with Crippen LogP contribution in [0.25, 0.3) is 0 Å². The van der Waals surface area contributed by atoms with Gasteiger partial charge in [0.05, 0.1) is 0 Å². The zero-order valence-electron chi connectivity index (χ0n) is 13.9. The van der Waals surface area contributed by atoms with Gasteiger partial charge in [-0.1, -0.05) is 19.1 Å². The largest absolute Gasteiger partial charge is 0.339 e. The molecule has 0 aromatic heterocycles. The lowest BCUT2D eigenvalue weighted by atomic mass is 10.1. The minimum Gasteiger partial charge on any atom is -0.339 e. The topological polar surface area (TPSA) is 49.4 Å². The summed E-state index contributed by atoms with van der Waals surface area (Å²) in [5.74, 6) is -0.0724. The van der Waals surface area contributed by atoms with E-state index in [1.165, 1.54) is 5.56 Å². The number of nitrogens with zero attached hydrogens (tertiary/aromatic N) is 1. The molecule has 1 aliphatic rings. The highest BCUT2D eigenvalue weighted by molar-refractivity contribution is 6.04. The fourth-order valence-corrected chi connectivity index (χ4v) is 2.89. The summed E-state index contributed by atoms with van der Waals surface area (Å²) in [5.41, 5.74) is 3.19. The van der Waals surface area contributed by atoms with E-state index in [9.17, 15) is 9.59 Å². The quantitative estimate of drug-likeness (QED) is 0.932. The SMILES string of the molecule is CCc1ccc(C(=O)Nc2ccc(C(=O)N3CCCC3)cc2)cc1. The molecule has 0 atom stereocenters. The van der Waals surface area contributed by atoms with Gasteiger partial charge in [0, 0.05) is 29.9 Å². The lowest BCUT2D eigenvalue weighted by molar-refractivity contribution is 0.0792. The van der Waals surface area contributed by atoms with Crippen LogP contribution in [0.1, 0.15) is 46.0 Å². The normalized spacial score (nSPS) is 13.8. The van der Waals surface area contributed by atoms with Crippen molar-refractivity contribution in [2.75, 3.05) is 18.4 Å². The summed E-state index contributed by atoms with van der Waals surface area (Å²) < 4.78 is 0. The van der Waals surface area contributed by atoms with E-state index in [1.807, 2.05) is 29.2 Å². The highest BCUT2D eigenvalue weighted by Gasteiger charge is 2.19. The molecule has 0 spiro atoms. The van der Waals surface area contributed by atoms with Gasteiger partial charge in [-0.25, -0.2) is 0 Å². The summed E-state index contributed by atoms with van der Waals surface area (Å²) in [7, 11) is 0. The van der Waals surface area contributed by atoms with Crippen molar-refractivity contribution in [1.29, 1.82) is 0 Å². The maximum Gasteiger partial charge on any atom is 0.255 e. The average molecular weight is 322 g/mol. The van der Waals surface area contributed by atoms with E-state index < -0.39 is 0 Å². The molecule has 24 heavy (non-hydrogen) atoms. The van der Waals surface area contributed by atoms with E-state index in [0.717, 1.165) is 32.4 Å². The predicted octanol–water partition coefficient (Wildman–Crippen LogP) is 3.74. The Morgan fingerprint density at radius 1 is 0.917 bits per heavy atom. The molecule has 0 bridgehead atoms. The second-order valence-corrected chi connectivity index (χ2v) is 6.08. The van der Waals surface area contributed by atoms with Crippen molar-refractivity contribution < 1.29 is 9.59 Å². The van der Waals surface area contributed by atoms with Crippen LogP contribution in [-0.2, 0) is 6.42 Å². The first-order chi connectivity index (χ1) is 11.7. The number of carbonyl (C=O) groups is 2. The summed E-state index contributed by atoms with van der Waals surface area (Å²) in [5, 5.41) is 2.87. The molecule has 2 amide bonds. The molecule has 124 valence electrons. The maximum atomic E-state index is 12.3. The van der Waals surface area contributed by atoms with Gasteiger partial charge in [0.1, 0.15) is 0 Å². The molecule has 4 nitrogen and oxygen atoms in total. The Bertz CT molecular complexity index is 714. The number of amides is 2. The summed E-state index contributed by atoms with van der Waals surface area (Å²) in [6.45, 7) is 3.76. The molecule has 1 N–H and O–H groups in total. The molecular weight excluding hydrogens is 300 g/mol. The summed E-state index contributed by atoms with van der Waals surface area (Å²) in [6, 6.07) is 14.7. The summed E-state index contributed by atoms with van der Waals surface area (Å²) >= 11 is 0. The molecule has 0 saturated carbocycles. The van der Waals surface area contributed by atoms with Crippen LogP contribution in [0.3, 0.4) is 0 Å². The third-order valence-electron chi connectivity index (χ3n) is 4.41. The van der Waals surface area contributed by atoms with Crippen LogP contribution < -0.4 is 5.32 Å². The van der Waals surface area contributed by atoms with Crippen LogP contribution >= 0.6 is 0 Å². The van der Waals surface area contributed by atoms with Gasteiger partial charge in [-0.05, 0) is 61.2 Å². The second kappa shape index (κ2) is 7.30. The minimum absolute atomic E-state index is 0.0699. The van der Waals surface area contributed by atoms with Crippen LogP contribution in [0.4, 0.5) is 5.69 Å². The van der Waals surface area contributed by atoms with E-state index in [-0.39, 0.29) is 11.8 Å². The molecule has 0 unspecified atom stereocenters. The Balaban J connectivity index is 1.64. The molecule has 0 aliphatic carbocycles. The third kappa shape index (κ3) is 3.65. The van der Waals surface area contributed by atoms with Gasteiger partial charge < -0.3 is 10.2 Å². The van der Waals surface area contributed by atoms with Crippen molar-refractivity contribution >= 4 is 17.5 Å². The Morgan fingerprint density at radius 3 is 2.08 bits per heavy atom. The predicted molar refractivity (Wildman–Crippen MR) is 95.4 cm³/mol. The van der Waals surface area contributed by atoms with E-state index in [2.05, 4.69) is 12.2 Å². The molecule has 1 heterocycles. The molecule has 2 aromatic rings. The van der Waals surface area contributed by atoms with Crippen LogP contribution in [0.15, 0.2) is 48.5 Å². The first kappa shape index (κ1) is 16.2. The van der Waals surface area contributed by atoms with Crippen LogP contribution in [0, 0.1) is 0 Å². The highest BCUT2D eigenvalue weighted by atomic mass is 16.2. The second-order valence-electron chi connectivity index (χ2n) is 6.08. The number of nitrogens with one attached hydrogen (secondary N) is 1. The van der Waals surface area contributed by atoms with Gasteiger partial charge in [-0.3, -0.25) is 9.59 Å². The summed E-state index contributed by atoms with van der Waals surface area (Å²) in [6.07, 6.45) is 3.11. The molecule has 1 fully saturated rings. The fraction of sp³-hybridized carbons (Fsp3) is 0.300. The summed E-state index contributed by atoms with van der Waals surface area (Å²) in [4.78, 5) is 26.4. The molecule has 3 rings (SSSR count). The standard InChI is InChI=1S/C20H22N2O2/c1-2-15-5-7-16(8-6-15)19(23)21-18-11-9-17(10-12-18)20(24)22-13-3-4-14-22/h5-12H,2-4,13-14H2,1H3,(H,21,23). The van der Waals surface area contributed by atoms with E-state index >= 15 is 0 Å².